The maximum atomic E-state index is 14.1. The molecule has 4 rings (SSSR count). The maximum Gasteiger partial charge on any atom is 0.238 e. The lowest BCUT2D eigenvalue weighted by molar-refractivity contribution is 0.174. The highest BCUT2D eigenvalue weighted by Crippen LogP contribution is 2.43. The second-order valence-corrected chi connectivity index (χ2v) is 8.31. The van der Waals surface area contributed by atoms with E-state index in [0.29, 0.717) is 22.6 Å². The minimum atomic E-state index is -3.78. The first-order chi connectivity index (χ1) is 13.2. The Balaban J connectivity index is 1.92. The first-order valence-corrected chi connectivity index (χ1v) is 10.1. The molecule has 3 aromatic carbocycles. The second-order valence-electron chi connectivity index (χ2n) is 6.74. The lowest BCUT2D eigenvalue weighted by atomic mass is 9.92. The van der Waals surface area contributed by atoms with E-state index in [1.807, 2.05) is 12.1 Å². The summed E-state index contributed by atoms with van der Waals surface area (Å²) in [7, 11) is -3.78. The third-order valence-corrected chi connectivity index (χ3v) is 5.68. The van der Waals surface area contributed by atoms with Crippen molar-refractivity contribution in [1.82, 2.24) is 0 Å². The van der Waals surface area contributed by atoms with Crippen LogP contribution in [0.15, 0.2) is 53.4 Å². The van der Waals surface area contributed by atoms with E-state index in [-0.39, 0.29) is 17.5 Å². The van der Waals surface area contributed by atoms with Crippen LogP contribution in [0, 0.1) is 19.7 Å². The summed E-state index contributed by atoms with van der Waals surface area (Å²) in [5.74, 6) is 0.980. The fourth-order valence-electron chi connectivity index (χ4n) is 3.35. The van der Waals surface area contributed by atoms with Crippen LogP contribution in [0.2, 0.25) is 0 Å². The fourth-order valence-corrected chi connectivity index (χ4v) is 3.86. The van der Waals surface area contributed by atoms with Crippen molar-refractivity contribution in [3.8, 4) is 33.8 Å². The van der Waals surface area contributed by atoms with Crippen LogP contribution in [-0.2, 0) is 10.0 Å². The van der Waals surface area contributed by atoms with Crippen LogP contribution in [0.4, 0.5) is 4.39 Å². The molecule has 5 nitrogen and oxygen atoms in total. The van der Waals surface area contributed by atoms with Gasteiger partial charge in [0.1, 0.15) is 5.82 Å². The van der Waals surface area contributed by atoms with Crippen molar-refractivity contribution in [2.24, 2.45) is 5.14 Å². The quantitative estimate of drug-likeness (QED) is 0.718. The number of sulfonamides is 1. The van der Waals surface area contributed by atoms with Gasteiger partial charge >= 0.3 is 0 Å². The van der Waals surface area contributed by atoms with E-state index < -0.39 is 10.0 Å². The Labute approximate surface area is 162 Å². The fraction of sp³-hybridized carbons (Fsp3) is 0.143. The van der Waals surface area contributed by atoms with Gasteiger partial charge in [-0.1, -0.05) is 12.1 Å². The molecule has 0 saturated carbocycles. The van der Waals surface area contributed by atoms with Crippen molar-refractivity contribution >= 4 is 10.0 Å². The molecule has 144 valence electrons. The molecule has 0 spiro atoms. The Hall–Kier alpha value is -2.90. The lowest BCUT2D eigenvalue weighted by Gasteiger charge is -2.14. The first kappa shape index (κ1) is 18.5. The molecule has 1 heterocycles. The molecular formula is C21H18FNO4S. The van der Waals surface area contributed by atoms with E-state index in [9.17, 15) is 12.8 Å². The van der Waals surface area contributed by atoms with Gasteiger partial charge < -0.3 is 9.47 Å². The summed E-state index contributed by atoms with van der Waals surface area (Å²) in [5.41, 5.74) is 4.35. The molecule has 1 aliphatic heterocycles. The summed E-state index contributed by atoms with van der Waals surface area (Å²) in [4.78, 5) is 0.0343. The van der Waals surface area contributed by atoms with Gasteiger partial charge in [-0.15, -0.1) is 0 Å². The number of aryl methyl sites for hydroxylation is 2. The predicted molar refractivity (Wildman–Crippen MR) is 104 cm³/mol. The third-order valence-electron chi connectivity index (χ3n) is 4.75. The number of halogens is 1. The summed E-state index contributed by atoms with van der Waals surface area (Å²) in [5, 5.41) is 5.19. The number of hydrogen-bond acceptors (Lipinski definition) is 4. The normalized spacial score (nSPS) is 13.0. The molecule has 0 saturated heterocycles. The van der Waals surface area contributed by atoms with Crippen molar-refractivity contribution < 1.29 is 22.3 Å². The zero-order valence-corrected chi connectivity index (χ0v) is 16.1. The average molecular weight is 399 g/mol. The second kappa shape index (κ2) is 6.61. The minimum Gasteiger partial charge on any atom is -0.454 e. The molecule has 28 heavy (non-hydrogen) atoms. The Kier molecular flexibility index (Phi) is 4.36. The van der Waals surface area contributed by atoms with Crippen LogP contribution in [0.1, 0.15) is 11.1 Å². The highest BCUT2D eigenvalue weighted by atomic mass is 32.2. The highest BCUT2D eigenvalue weighted by molar-refractivity contribution is 7.89. The van der Waals surface area contributed by atoms with Gasteiger partial charge in [0.15, 0.2) is 11.5 Å². The third kappa shape index (κ3) is 3.23. The van der Waals surface area contributed by atoms with Crippen LogP contribution in [0.3, 0.4) is 0 Å². The van der Waals surface area contributed by atoms with E-state index in [1.165, 1.54) is 12.1 Å². The number of nitrogens with two attached hydrogens (primary N) is 1. The number of benzene rings is 3. The Bertz CT molecular complexity index is 1160. The molecular weight excluding hydrogens is 381 g/mol. The van der Waals surface area contributed by atoms with Crippen molar-refractivity contribution in [3.63, 3.8) is 0 Å². The molecule has 1 aliphatic rings. The molecule has 0 aromatic heterocycles. The number of fused-ring (bicyclic) bond motifs is 1. The van der Waals surface area contributed by atoms with Crippen molar-refractivity contribution in [2.45, 2.75) is 18.7 Å². The van der Waals surface area contributed by atoms with E-state index >= 15 is 0 Å². The molecule has 0 radical (unpaired) electrons. The van der Waals surface area contributed by atoms with Crippen LogP contribution >= 0.6 is 0 Å². The van der Waals surface area contributed by atoms with Crippen LogP contribution in [-0.4, -0.2) is 15.2 Å². The van der Waals surface area contributed by atoms with Crippen LogP contribution < -0.4 is 14.6 Å². The van der Waals surface area contributed by atoms with Crippen molar-refractivity contribution in [3.05, 3.63) is 65.5 Å². The predicted octanol–water partition coefficient (Wildman–Crippen LogP) is 4.15. The molecule has 2 N–H and O–H groups in total. The van der Waals surface area contributed by atoms with E-state index in [2.05, 4.69) is 0 Å². The van der Waals surface area contributed by atoms with Gasteiger partial charge in [-0.05, 0) is 83.6 Å². The standard InChI is InChI=1S/C21H18FNO4S/c1-12-7-15(8-13(2)21(12)22)18-10-20-19(26-11-27-20)9-17(18)14-3-5-16(6-4-14)28(23,24)25/h3-10H,11H2,1-2H3,(H2,23,24,25). The lowest BCUT2D eigenvalue weighted by Crippen LogP contribution is -2.11. The molecule has 3 aromatic rings. The van der Waals surface area contributed by atoms with Gasteiger partial charge in [-0.3, -0.25) is 0 Å². The summed E-state index contributed by atoms with van der Waals surface area (Å²) in [6.45, 7) is 3.57. The Morgan fingerprint density at radius 3 is 1.86 bits per heavy atom. The van der Waals surface area contributed by atoms with E-state index in [1.54, 1.807) is 38.1 Å². The van der Waals surface area contributed by atoms with Crippen LogP contribution in [0.25, 0.3) is 22.3 Å². The number of ether oxygens (including phenoxy) is 2. The van der Waals surface area contributed by atoms with Gasteiger partial charge in [0.2, 0.25) is 16.8 Å². The molecule has 0 bridgehead atoms. The topological polar surface area (TPSA) is 78.6 Å². The average Bonchev–Trinajstić information content (AvgIpc) is 3.11. The zero-order valence-electron chi connectivity index (χ0n) is 15.3. The van der Waals surface area contributed by atoms with Gasteiger partial charge in [-0.25, -0.2) is 17.9 Å². The van der Waals surface area contributed by atoms with E-state index in [4.69, 9.17) is 14.6 Å². The molecule has 7 heteroatoms. The SMILES string of the molecule is Cc1cc(-c2cc3c(cc2-c2ccc(S(N)(=O)=O)cc2)OCO3)cc(C)c1F. The molecule has 0 aliphatic carbocycles. The summed E-state index contributed by atoms with van der Waals surface area (Å²) < 4.78 is 48.2. The Morgan fingerprint density at radius 1 is 0.857 bits per heavy atom. The van der Waals surface area contributed by atoms with Gasteiger partial charge in [0.05, 0.1) is 4.90 Å². The summed E-state index contributed by atoms with van der Waals surface area (Å²) in [6, 6.07) is 13.5. The smallest absolute Gasteiger partial charge is 0.238 e. The van der Waals surface area contributed by atoms with Crippen LogP contribution in [0.5, 0.6) is 11.5 Å². The number of rotatable bonds is 3. The number of hydrogen-bond donors (Lipinski definition) is 1. The maximum absolute atomic E-state index is 14.1. The van der Waals surface area contributed by atoms with Crippen molar-refractivity contribution in [1.29, 1.82) is 0 Å². The molecule has 0 amide bonds. The van der Waals surface area contributed by atoms with Gasteiger partial charge in [-0.2, -0.15) is 0 Å². The zero-order chi connectivity index (χ0) is 20.1. The minimum absolute atomic E-state index is 0.0343. The van der Waals surface area contributed by atoms with E-state index in [0.717, 1.165) is 22.3 Å². The highest BCUT2D eigenvalue weighted by Gasteiger charge is 2.20. The molecule has 0 unspecified atom stereocenters. The van der Waals surface area contributed by atoms with Crippen molar-refractivity contribution in [2.75, 3.05) is 6.79 Å². The molecule has 0 fully saturated rings. The monoisotopic (exact) mass is 399 g/mol. The first-order valence-electron chi connectivity index (χ1n) is 8.58. The largest absolute Gasteiger partial charge is 0.454 e. The van der Waals surface area contributed by atoms with Gasteiger partial charge in [0.25, 0.3) is 0 Å². The summed E-state index contributed by atoms with van der Waals surface area (Å²) in [6.07, 6.45) is 0. The molecule has 0 atom stereocenters. The van der Waals surface area contributed by atoms with Gasteiger partial charge in [0, 0.05) is 0 Å². The Morgan fingerprint density at radius 2 is 1.36 bits per heavy atom. The number of primary sulfonamides is 1. The summed E-state index contributed by atoms with van der Waals surface area (Å²) >= 11 is 0.